The molecule has 2 saturated carbocycles. The van der Waals surface area contributed by atoms with Gasteiger partial charge in [-0.15, -0.1) is 0 Å². The number of rotatable bonds is 2. The molecule has 128 valence electrons. The van der Waals surface area contributed by atoms with Gasteiger partial charge in [-0.25, -0.2) is 4.79 Å². The van der Waals surface area contributed by atoms with Gasteiger partial charge in [-0.2, -0.15) is 0 Å². The van der Waals surface area contributed by atoms with Crippen LogP contribution in [0.25, 0.3) is 0 Å². The molecule has 4 atom stereocenters. The van der Waals surface area contributed by atoms with E-state index in [1.165, 1.54) is 31.3 Å². The molecule has 3 fully saturated rings. The van der Waals surface area contributed by atoms with E-state index in [0.29, 0.717) is 22.8 Å². The van der Waals surface area contributed by atoms with Gasteiger partial charge in [0.2, 0.25) is 0 Å². The Labute approximate surface area is 139 Å². The van der Waals surface area contributed by atoms with E-state index < -0.39 is 6.10 Å². The first-order chi connectivity index (χ1) is 10.8. The summed E-state index contributed by atoms with van der Waals surface area (Å²) < 4.78 is 4.93. The van der Waals surface area contributed by atoms with Crippen molar-refractivity contribution in [2.45, 2.75) is 65.4 Å². The van der Waals surface area contributed by atoms with Crippen LogP contribution in [0.15, 0.2) is 23.8 Å². The standard InChI is InChI=1S/C20H30O3/c1-13-6-9-17-19(2,3)10-5-11-20(17,4)15(13)8-7-14-16(21)12-23-18(14)22/h7,15-17,21H,1,5-6,8-12H2,2-4H3/b14-7-/t15-,16+,17-,20+/m0/s1. The number of aliphatic hydroxyl groups is 1. The average molecular weight is 318 g/mol. The van der Waals surface area contributed by atoms with Crippen molar-refractivity contribution in [1.82, 2.24) is 0 Å². The number of aliphatic hydroxyl groups excluding tert-OH is 1. The Kier molecular flexibility index (Phi) is 4.20. The fraction of sp³-hybridized carbons (Fsp3) is 0.750. The van der Waals surface area contributed by atoms with Crippen LogP contribution in [-0.4, -0.2) is 23.8 Å². The van der Waals surface area contributed by atoms with Crippen LogP contribution in [0.4, 0.5) is 0 Å². The predicted molar refractivity (Wildman–Crippen MR) is 90.8 cm³/mol. The highest BCUT2D eigenvalue weighted by Gasteiger charge is 2.52. The second-order valence-electron chi connectivity index (χ2n) is 8.66. The molecular formula is C20H30O3. The third kappa shape index (κ3) is 2.77. The number of fused-ring (bicyclic) bond motifs is 1. The molecule has 3 rings (SSSR count). The van der Waals surface area contributed by atoms with Gasteiger partial charge < -0.3 is 9.84 Å². The van der Waals surface area contributed by atoms with E-state index in [0.717, 1.165) is 12.8 Å². The number of allylic oxidation sites excluding steroid dienone is 2. The number of cyclic esters (lactones) is 1. The lowest BCUT2D eigenvalue weighted by Gasteiger charge is -2.58. The summed E-state index contributed by atoms with van der Waals surface area (Å²) in [6, 6.07) is 0. The molecule has 1 heterocycles. The van der Waals surface area contributed by atoms with Crippen molar-refractivity contribution in [3.8, 4) is 0 Å². The fourth-order valence-corrected chi connectivity index (χ4v) is 5.64. The van der Waals surface area contributed by atoms with E-state index in [2.05, 4.69) is 27.4 Å². The van der Waals surface area contributed by atoms with Gasteiger partial charge in [0, 0.05) is 0 Å². The van der Waals surface area contributed by atoms with Gasteiger partial charge in [0.05, 0.1) is 5.57 Å². The van der Waals surface area contributed by atoms with Gasteiger partial charge in [-0.05, 0) is 54.8 Å². The quantitative estimate of drug-likeness (QED) is 0.475. The van der Waals surface area contributed by atoms with Crippen molar-refractivity contribution < 1.29 is 14.6 Å². The van der Waals surface area contributed by atoms with E-state index in [-0.39, 0.29) is 18.0 Å². The van der Waals surface area contributed by atoms with E-state index in [1.807, 2.05) is 6.08 Å². The van der Waals surface area contributed by atoms with Gasteiger partial charge in [0.15, 0.2) is 0 Å². The molecule has 1 saturated heterocycles. The minimum Gasteiger partial charge on any atom is -0.459 e. The largest absolute Gasteiger partial charge is 0.459 e. The molecule has 0 aromatic heterocycles. The number of hydrogen-bond donors (Lipinski definition) is 1. The van der Waals surface area contributed by atoms with Crippen LogP contribution in [0.5, 0.6) is 0 Å². The van der Waals surface area contributed by atoms with Crippen molar-refractivity contribution >= 4 is 5.97 Å². The van der Waals surface area contributed by atoms with Crippen molar-refractivity contribution in [2.75, 3.05) is 6.61 Å². The first kappa shape index (κ1) is 16.8. The Morgan fingerprint density at radius 1 is 1.35 bits per heavy atom. The van der Waals surface area contributed by atoms with Crippen molar-refractivity contribution in [1.29, 1.82) is 0 Å². The van der Waals surface area contributed by atoms with Crippen LogP contribution in [0.3, 0.4) is 0 Å². The van der Waals surface area contributed by atoms with Crippen LogP contribution in [-0.2, 0) is 9.53 Å². The molecule has 0 aromatic carbocycles. The Morgan fingerprint density at radius 3 is 2.74 bits per heavy atom. The lowest BCUT2D eigenvalue weighted by atomic mass is 9.47. The SMILES string of the molecule is C=C1CC[C@H]2C(C)(C)CCC[C@]2(C)[C@H]1C/C=C1\C(=O)OC[C@H]1O. The molecule has 0 amide bonds. The molecule has 23 heavy (non-hydrogen) atoms. The Balaban J connectivity index is 1.86. The Hall–Kier alpha value is -1.09. The van der Waals surface area contributed by atoms with Crippen molar-refractivity contribution in [2.24, 2.45) is 22.7 Å². The van der Waals surface area contributed by atoms with E-state index >= 15 is 0 Å². The minimum absolute atomic E-state index is 0.100. The number of carbonyl (C=O) groups is 1. The third-order valence-electron chi connectivity index (χ3n) is 6.86. The van der Waals surface area contributed by atoms with Crippen LogP contribution in [0.1, 0.15) is 59.3 Å². The third-order valence-corrected chi connectivity index (χ3v) is 6.86. The number of carbonyl (C=O) groups excluding carboxylic acids is 1. The van der Waals surface area contributed by atoms with Crippen LogP contribution < -0.4 is 0 Å². The first-order valence-electron chi connectivity index (χ1n) is 8.98. The normalized spacial score (nSPS) is 41.7. The maximum Gasteiger partial charge on any atom is 0.336 e. The van der Waals surface area contributed by atoms with Gasteiger partial charge >= 0.3 is 5.97 Å². The maximum absolute atomic E-state index is 11.7. The monoisotopic (exact) mass is 318 g/mol. The highest BCUT2D eigenvalue weighted by atomic mass is 16.6. The highest BCUT2D eigenvalue weighted by molar-refractivity contribution is 5.91. The smallest absolute Gasteiger partial charge is 0.336 e. The van der Waals surface area contributed by atoms with Crippen molar-refractivity contribution in [3.05, 3.63) is 23.8 Å². The Morgan fingerprint density at radius 2 is 2.09 bits per heavy atom. The van der Waals surface area contributed by atoms with E-state index in [4.69, 9.17) is 4.74 Å². The van der Waals surface area contributed by atoms with Gasteiger partial charge in [-0.3, -0.25) is 0 Å². The zero-order valence-electron chi connectivity index (χ0n) is 14.7. The molecule has 2 aliphatic carbocycles. The molecule has 3 heteroatoms. The molecule has 1 N–H and O–H groups in total. The summed E-state index contributed by atoms with van der Waals surface area (Å²) in [5.41, 5.74) is 2.39. The van der Waals surface area contributed by atoms with Crippen LogP contribution in [0, 0.1) is 22.7 Å². The number of hydrogen-bond acceptors (Lipinski definition) is 3. The van der Waals surface area contributed by atoms with Crippen LogP contribution >= 0.6 is 0 Å². The van der Waals surface area contributed by atoms with E-state index in [9.17, 15) is 9.90 Å². The summed E-state index contributed by atoms with van der Waals surface area (Å²) in [5.74, 6) is 0.747. The molecule has 0 aromatic rings. The van der Waals surface area contributed by atoms with Gasteiger partial charge in [0.25, 0.3) is 0 Å². The molecule has 1 aliphatic heterocycles. The molecule has 0 unspecified atom stereocenters. The zero-order valence-corrected chi connectivity index (χ0v) is 14.7. The number of esters is 1. The molecule has 0 spiro atoms. The summed E-state index contributed by atoms with van der Waals surface area (Å²) in [6.45, 7) is 11.7. The summed E-state index contributed by atoms with van der Waals surface area (Å²) in [6.07, 6.45) is 8.09. The fourth-order valence-electron chi connectivity index (χ4n) is 5.64. The zero-order chi connectivity index (χ0) is 16.8. The maximum atomic E-state index is 11.7. The number of ether oxygens (including phenoxy) is 1. The lowest BCUT2D eigenvalue weighted by molar-refractivity contribution is -0.135. The predicted octanol–water partition coefficient (Wildman–Crippen LogP) is 4.02. The molecule has 3 aliphatic rings. The average Bonchev–Trinajstić information content (AvgIpc) is 2.77. The van der Waals surface area contributed by atoms with E-state index in [1.54, 1.807) is 0 Å². The topological polar surface area (TPSA) is 46.5 Å². The summed E-state index contributed by atoms with van der Waals surface area (Å²) >= 11 is 0. The molecule has 0 radical (unpaired) electrons. The highest BCUT2D eigenvalue weighted by Crippen LogP contribution is 2.61. The van der Waals surface area contributed by atoms with Crippen LogP contribution in [0.2, 0.25) is 0 Å². The Bertz CT molecular complexity index is 545. The summed E-state index contributed by atoms with van der Waals surface area (Å²) in [7, 11) is 0. The lowest BCUT2D eigenvalue weighted by Crippen LogP contribution is -2.49. The minimum atomic E-state index is -0.759. The first-order valence-corrected chi connectivity index (χ1v) is 8.98. The van der Waals surface area contributed by atoms with Gasteiger partial charge in [0.1, 0.15) is 12.7 Å². The summed E-state index contributed by atoms with van der Waals surface area (Å²) in [5, 5.41) is 9.90. The van der Waals surface area contributed by atoms with Crippen molar-refractivity contribution in [3.63, 3.8) is 0 Å². The molecule has 0 bridgehead atoms. The second-order valence-corrected chi connectivity index (χ2v) is 8.66. The van der Waals surface area contributed by atoms with Gasteiger partial charge in [-0.1, -0.05) is 45.4 Å². The second kappa shape index (κ2) is 5.77. The molecular weight excluding hydrogens is 288 g/mol. The molecule has 3 nitrogen and oxygen atoms in total. The summed E-state index contributed by atoms with van der Waals surface area (Å²) in [4.78, 5) is 11.7.